The highest BCUT2D eigenvalue weighted by Gasteiger charge is 2.12. The number of aliphatic hydroxyl groups is 2. The van der Waals surface area contributed by atoms with Crippen molar-refractivity contribution in [2.24, 2.45) is 5.92 Å². The maximum Gasteiger partial charge on any atom is 0.306 e. The maximum absolute atomic E-state index is 10.4. The van der Waals surface area contributed by atoms with Crippen LogP contribution in [0.1, 0.15) is 52.9 Å². The molecule has 0 aromatic carbocycles. The van der Waals surface area contributed by atoms with Gasteiger partial charge in [-0.1, -0.05) is 33.6 Å². The molecule has 0 saturated carbocycles. The smallest absolute Gasteiger partial charge is 0.306 e. The third-order valence-electron chi connectivity index (χ3n) is 2.43. The average molecular weight is 234 g/mol. The molecular formula is C12H26O4. The fraction of sp³-hybridized carbons (Fsp3) is 0.917. The molecule has 0 aliphatic rings. The summed E-state index contributed by atoms with van der Waals surface area (Å²) >= 11 is 0. The monoisotopic (exact) mass is 234 g/mol. The predicted octanol–water partition coefficient (Wildman–Crippen LogP) is 2.04. The summed E-state index contributed by atoms with van der Waals surface area (Å²) in [5, 5.41) is 25.1. The molecular weight excluding hydrogens is 208 g/mol. The van der Waals surface area contributed by atoms with Gasteiger partial charge in [-0.3, -0.25) is 4.79 Å². The summed E-state index contributed by atoms with van der Waals surface area (Å²) in [7, 11) is 0. The van der Waals surface area contributed by atoms with Crippen LogP contribution in [-0.4, -0.2) is 34.0 Å². The van der Waals surface area contributed by atoms with Crippen LogP contribution in [0.5, 0.6) is 0 Å². The number of carbonyl (C=O) groups is 1. The summed E-state index contributed by atoms with van der Waals surface area (Å²) in [6.07, 6.45) is 3.84. The number of aliphatic hydroxyl groups excluding tert-OH is 2. The topological polar surface area (TPSA) is 77.8 Å². The molecule has 0 amide bonds. The number of unbranched alkanes of at least 4 members (excludes halogenated alkanes) is 1. The summed E-state index contributed by atoms with van der Waals surface area (Å²) in [5.74, 6) is -0.754. The van der Waals surface area contributed by atoms with E-state index in [4.69, 9.17) is 15.3 Å². The minimum Gasteiger partial charge on any atom is -0.481 e. The van der Waals surface area contributed by atoms with Crippen molar-refractivity contribution in [1.82, 2.24) is 0 Å². The van der Waals surface area contributed by atoms with Crippen LogP contribution in [0.3, 0.4) is 0 Å². The van der Waals surface area contributed by atoms with Crippen molar-refractivity contribution in [2.45, 2.75) is 59.0 Å². The van der Waals surface area contributed by atoms with Gasteiger partial charge in [-0.2, -0.15) is 0 Å². The molecule has 0 radical (unpaired) electrons. The molecule has 16 heavy (non-hydrogen) atoms. The molecule has 0 heterocycles. The molecule has 0 aliphatic heterocycles. The van der Waals surface area contributed by atoms with Crippen LogP contribution in [0.25, 0.3) is 0 Å². The van der Waals surface area contributed by atoms with Crippen LogP contribution in [0, 0.1) is 5.92 Å². The lowest BCUT2D eigenvalue weighted by molar-refractivity contribution is -0.142. The van der Waals surface area contributed by atoms with Gasteiger partial charge >= 0.3 is 5.97 Å². The van der Waals surface area contributed by atoms with Gasteiger partial charge in [-0.15, -0.1) is 0 Å². The number of rotatable bonds is 7. The molecule has 0 aromatic rings. The van der Waals surface area contributed by atoms with Crippen molar-refractivity contribution in [3.63, 3.8) is 0 Å². The van der Waals surface area contributed by atoms with E-state index in [0.717, 1.165) is 25.7 Å². The Morgan fingerprint density at radius 3 is 1.94 bits per heavy atom. The molecule has 98 valence electrons. The predicted molar refractivity (Wildman–Crippen MR) is 64.3 cm³/mol. The second kappa shape index (κ2) is 12.5. The third kappa shape index (κ3) is 11.5. The van der Waals surface area contributed by atoms with Gasteiger partial charge in [0.05, 0.1) is 18.6 Å². The van der Waals surface area contributed by atoms with E-state index in [9.17, 15) is 4.79 Å². The summed E-state index contributed by atoms with van der Waals surface area (Å²) in [5.41, 5.74) is 0. The zero-order chi connectivity index (χ0) is 13.0. The largest absolute Gasteiger partial charge is 0.481 e. The van der Waals surface area contributed by atoms with Crippen LogP contribution < -0.4 is 0 Å². The fourth-order valence-electron chi connectivity index (χ4n) is 1.08. The van der Waals surface area contributed by atoms with Crippen LogP contribution in [0.2, 0.25) is 0 Å². The Hall–Kier alpha value is -0.610. The van der Waals surface area contributed by atoms with Gasteiger partial charge in [0, 0.05) is 0 Å². The van der Waals surface area contributed by atoms with E-state index in [2.05, 4.69) is 6.92 Å². The van der Waals surface area contributed by atoms with E-state index in [1.54, 1.807) is 0 Å². The van der Waals surface area contributed by atoms with E-state index >= 15 is 0 Å². The Balaban J connectivity index is 0. The number of carboxylic acids is 1. The van der Waals surface area contributed by atoms with Gasteiger partial charge in [0.25, 0.3) is 0 Å². The first-order chi connectivity index (χ1) is 7.53. The highest BCUT2D eigenvalue weighted by molar-refractivity contribution is 5.69. The Morgan fingerprint density at radius 2 is 1.75 bits per heavy atom. The zero-order valence-corrected chi connectivity index (χ0v) is 10.6. The molecule has 4 heteroatoms. The summed E-state index contributed by atoms with van der Waals surface area (Å²) in [6, 6.07) is 0. The van der Waals surface area contributed by atoms with Gasteiger partial charge < -0.3 is 15.3 Å². The average Bonchev–Trinajstić information content (AvgIpc) is 2.29. The van der Waals surface area contributed by atoms with Crippen LogP contribution in [-0.2, 0) is 4.79 Å². The normalized spacial score (nSPS) is 13.6. The van der Waals surface area contributed by atoms with E-state index in [1.165, 1.54) is 0 Å². The number of hydrogen-bond donors (Lipinski definition) is 3. The van der Waals surface area contributed by atoms with Crippen LogP contribution >= 0.6 is 0 Å². The van der Waals surface area contributed by atoms with E-state index in [1.807, 2.05) is 13.8 Å². The SMILES string of the molecule is CCC(O)CO.CCCCC(CC)C(=O)O. The van der Waals surface area contributed by atoms with Gasteiger partial charge in [-0.25, -0.2) is 0 Å². The highest BCUT2D eigenvalue weighted by Crippen LogP contribution is 2.11. The molecule has 0 bridgehead atoms. The minimum absolute atomic E-state index is 0.111. The summed E-state index contributed by atoms with van der Waals surface area (Å²) in [4.78, 5) is 10.4. The quantitative estimate of drug-likeness (QED) is 0.630. The van der Waals surface area contributed by atoms with E-state index in [-0.39, 0.29) is 12.5 Å². The lowest BCUT2D eigenvalue weighted by Gasteiger charge is -2.06. The van der Waals surface area contributed by atoms with Gasteiger partial charge in [0.1, 0.15) is 0 Å². The Morgan fingerprint density at radius 1 is 1.19 bits per heavy atom. The Labute approximate surface area is 98.3 Å². The molecule has 0 aromatic heterocycles. The molecule has 0 rings (SSSR count). The fourth-order valence-corrected chi connectivity index (χ4v) is 1.08. The van der Waals surface area contributed by atoms with E-state index in [0.29, 0.717) is 6.42 Å². The van der Waals surface area contributed by atoms with Gasteiger partial charge in [0.15, 0.2) is 0 Å². The Kier molecular flexibility index (Phi) is 13.8. The number of carboxylic acid groups (broad SMARTS) is 1. The van der Waals surface area contributed by atoms with Crippen molar-refractivity contribution in [2.75, 3.05) is 6.61 Å². The number of hydrogen-bond acceptors (Lipinski definition) is 3. The molecule has 2 atom stereocenters. The maximum atomic E-state index is 10.4. The van der Waals surface area contributed by atoms with Crippen molar-refractivity contribution >= 4 is 5.97 Å². The molecule has 2 unspecified atom stereocenters. The summed E-state index contributed by atoms with van der Waals surface area (Å²) < 4.78 is 0. The molecule has 0 spiro atoms. The molecule has 4 nitrogen and oxygen atoms in total. The second-order valence-electron chi connectivity index (χ2n) is 3.83. The standard InChI is InChI=1S/C8H16O2.C4H10O2/c1-3-5-6-7(4-2)8(9)10;1-2-4(6)3-5/h7H,3-6H2,1-2H3,(H,9,10);4-6H,2-3H2,1H3. The third-order valence-corrected chi connectivity index (χ3v) is 2.43. The molecule has 0 aliphatic carbocycles. The minimum atomic E-state index is -0.643. The van der Waals surface area contributed by atoms with Crippen LogP contribution in [0.4, 0.5) is 0 Å². The summed E-state index contributed by atoms with van der Waals surface area (Å²) in [6.45, 7) is 5.71. The molecule has 0 saturated heterocycles. The first-order valence-electron chi connectivity index (χ1n) is 6.05. The molecule has 0 fully saturated rings. The molecule has 3 N–H and O–H groups in total. The Bertz CT molecular complexity index is 155. The van der Waals surface area contributed by atoms with Crippen molar-refractivity contribution in [3.05, 3.63) is 0 Å². The first kappa shape index (κ1) is 17.8. The van der Waals surface area contributed by atoms with Crippen molar-refractivity contribution in [3.8, 4) is 0 Å². The lowest BCUT2D eigenvalue weighted by Crippen LogP contribution is -2.11. The zero-order valence-electron chi connectivity index (χ0n) is 10.6. The second-order valence-corrected chi connectivity index (χ2v) is 3.83. The number of aliphatic carboxylic acids is 1. The van der Waals surface area contributed by atoms with Gasteiger partial charge in [0.2, 0.25) is 0 Å². The first-order valence-corrected chi connectivity index (χ1v) is 6.05. The van der Waals surface area contributed by atoms with E-state index < -0.39 is 12.1 Å². The van der Waals surface area contributed by atoms with Crippen LogP contribution in [0.15, 0.2) is 0 Å². The van der Waals surface area contributed by atoms with Gasteiger partial charge in [-0.05, 0) is 19.3 Å². The van der Waals surface area contributed by atoms with Crippen molar-refractivity contribution < 1.29 is 20.1 Å². The highest BCUT2D eigenvalue weighted by atomic mass is 16.4. The lowest BCUT2D eigenvalue weighted by atomic mass is 10.00. The van der Waals surface area contributed by atoms with Crippen molar-refractivity contribution in [1.29, 1.82) is 0 Å².